The van der Waals surface area contributed by atoms with Crippen LogP contribution in [0.25, 0.3) is 10.9 Å². The molecule has 2 aromatic rings. The van der Waals surface area contributed by atoms with Gasteiger partial charge in [-0.3, -0.25) is 4.98 Å². The fourth-order valence-electron chi connectivity index (χ4n) is 0.988. The minimum Gasteiger partial charge on any atom is -0.256 e. The molecule has 1 nitrogen and oxygen atoms in total. The number of rotatable bonds is 0. The van der Waals surface area contributed by atoms with Crippen LogP contribution in [0.3, 0.4) is 0 Å². The zero-order valence-electron chi connectivity index (χ0n) is 5.71. The number of fused-ring (bicyclic) bond motifs is 1. The number of pyridine rings is 1. The van der Waals surface area contributed by atoms with Gasteiger partial charge in [-0.15, -0.1) is 0 Å². The van der Waals surface area contributed by atoms with E-state index < -0.39 is 0 Å². The molecule has 1 aromatic carbocycles. The first-order chi connectivity index (χ1) is 5.36. The molecule has 0 aliphatic rings. The van der Waals surface area contributed by atoms with E-state index in [1.54, 1.807) is 18.3 Å². The Morgan fingerprint density at radius 1 is 1.45 bits per heavy atom. The minimum absolute atomic E-state index is 0.342. The molecule has 2 heteroatoms. The molecule has 2 rings (SSSR count). The summed E-state index contributed by atoms with van der Waals surface area (Å²) in [5.74, 6) is -0.342. The van der Waals surface area contributed by atoms with Gasteiger partial charge in [0.05, 0.1) is 5.52 Å². The normalized spacial score (nSPS) is 10.3. The molecular formula is C9H5FN. The SMILES string of the molecule is Fc1[c]cc2ncccc2c1. The van der Waals surface area contributed by atoms with Crippen LogP contribution in [0.15, 0.2) is 30.5 Å². The average Bonchev–Trinajstić information content (AvgIpc) is 2.04. The largest absolute Gasteiger partial charge is 0.256 e. The molecule has 0 saturated carbocycles. The number of aromatic nitrogens is 1. The number of hydrogen-bond acceptors (Lipinski definition) is 1. The summed E-state index contributed by atoms with van der Waals surface area (Å²) in [6.45, 7) is 0. The molecule has 53 valence electrons. The van der Waals surface area contributed by atoms with Crippen molar-refractivity contribution in [3.8, 4) is 0 Å². The van der Waals surface area contributed by atoms with Gasteiger partial charge >= 0.3 is 0 Å². The first-order valence-corrected chi connectivity index (χ1v) is 3.28. The highest BCUT2D eigenvalue weighted by atomic mass is 19.1. The van der Waals surface area contributed by atoms with Gasteiger partial charge in [-0.05, 0) is 18.2 Å². The maximum atomic E-state index is 12.6. The summed E-state index contributed by atoms with van der Waals surface area (Å²) in [5, 5.41) is 0.809. The first kappa shape index (κ1) is 6.28. The summed E-state index contributed by atoms with van der Waals surface area (Å²) < 4.78 is 12.6. The summed E-state index contributed by atoms with van der Waals surface area (Å²) >= 11 is 0. The summed E-state index contributed by atoms with van der Waals surface area (Å²) in [5.41, 5.74) is 0.772. The van der Waals surface area contributed by atoms with E-state index in [9.17, 15) is 4.39 Å². The summed E-state index contributed by atoms with van der Waals surface area (Å²) in [6, 6.07) is 9.01. The predicted octanol–water partition coefficient (Wildman–Crippen LogP) is 2.17. The van der Waals surface area contributed by atoms with E-state index in [1.165, 1.54) is 6.07 Å². The highest BCUT2D eigenvalue weighted by Gasteiger charge is 1.93. The summed E-state index contributed by atoms with van der Waals surface area (Å²) in [4.78, 5) is 4.02. The van der Waals surface area contributed by atoms with Crippen LogP contribution in [0.1, 0.15) is 0 Å². The number of nitrogens with zero attached hydrogens (tertiary/aromatic N) is 1. The third kappa shape index (κ3) is 1.07. The molecule has 0 atom stereocenters. The second-order valence-corrected chi connectivity index (χ2v) is 2.26. The van der Waals surface area contributed by atoms with Crippen molar-refractivity contribution >= 4 is 10.9 Å². The zero-order chi connectivity index (χ0) is 7.68. The molecule has 0 aliphatic heterocycles. The van der Waals surface area contributed by atoms with Crippen LogP contribution in [0.5, 0.6) is 0 Å². The van der Waals surface area contributed by atoms with Crippen molar-refractivity contribution in [2.45, 2.75) is 0 Å². The Kier molecular flexibility index (Phi) is 1.32. The van der Waals surface area contributed by atoms with Crippen LogP contribution in [-0.2, 0) is 0 Å². The molecule has 0 spiro atoms. The molecule has 0 aliphatic carbocycles. The van der Waals surface area contributed by atoms with Gasteiger partial charge in [-0.2, -0.15) is 0 Å². The van der Waals surface area contributed by atoms with Crippen LogP contribution in [0, 0.1) is 11.9 Å². The summed E-state index contributed by atoms with van der Waals surface area (Å²) in [6.07, 6.45) is 1.67. The topological polar surface area (TPSA) is 12.9 Å². The van der Waals surface area contributed by atoms with Gasteiger partial charge in [0.25, 0.3) is 0 Å². The van der Waals surface area contributed by atoms with Gasteiger partial charge in [0, 0.05) is 17.6 Å². The Morgan fingerprint density at radius 3 is 3.27 bits per heavy atom. The van der Waals surface area contributed by atoms with E-state index in [4.69, 9.17) is 0 Å². The van der Waals surface area contributed by atoms with Crippen molar-refractivity contribution in [3.05, 3.63) is 42.3 Å². The number of halogens is 1. The van der Waals surface area contributed by atoms with E-state index >= 15 is 0 Å². The van der Waals surface area contributed by atoms with Crippen LogP contribution in [0.4, 0.5) is 4.39 Å². The van der Waals surface area contributed by atoms with E-state index in [0.29, 0.717) is 0 Å². The maximum Gasteiger partial charge on any atom is 0.131 e. The molecule has 0 bridgehead atoms. The van der Waals surface area contributed by atoms with Gasteiger partial charge in [0.2, 0.25) is 0 Å². The van der Waals surface area contributed by atoms with Crippen LogP contribution in [-0.4, -0.2) is 4.98 Å². The molecule has 11 heavy (non-hydrogen) atoms. The van der Waals surface area contributed by atoms with Crippen molar-refractivity contribution in [2.75, 3.05) is 0 Å². The van der Waals surface area contributed by atoms with Crippen molar-refractivity contribution in [1.29, 1.82) is 0 Å². The van der Waals surface area contributed by atoms with E-state index in [2.05, 4.69) is 11.1 Å². The van der Waals surface area contributed by atoms with E-state index in [1.807, 2.05) is 6.07 Å². The lowest BCUT2D eigenvalue weighted by molar-refractivity contribution is 0.627. The lowest BCUT2D eigenvalue weighted by Gasteiger charge is -1.93. The molecule has 0 N–H and O–H groups in total. The monoisotopic (exact) mass is 146 g/mol. The molecule has 0 unspecified atom stereocenters. The van der Waals surface area contributed by atoms with Crippen molar-refractivity contribution in [1.82, 2.24) is 4.98 Å². The first-order valence-electron chi connectivity index (χ1n) is 3.28. The number of benzene rings is 1. The highest BCUT2D eigenvalue weighted by molar-refractivity contribution is 5.77. The molecule has 1 heterocycles. The van der Waals surface area contributed by atoms with Gasteiger partial charge in [0.15, 0.2) is 0 Å². The molecule has 0 amide bonds. The highest BCUT2D eigenvalue weighted by Crippen LogP contribution is 2.10. The van der Waals surface area contributed by atoms with Gasteiger partial charge < -0.3 is 0 Å². The molecule has 1 aromatic heterocycles. The third-order valence-electron chi connectivity index (χ3n) is 1.50. The lowest BCUT2D eigenvalue weighted by atomic mass is 10.2. The minimum atomic E-state index is -0.342. The fourth-order valence-corrected chi connectivity index (χ4v) is 0.988. The summed E-state index contributed by atoms with van der Waals surface area (Å²) in [7, 11) is 0. The number of hydrogen-bond donors (Lipinski definition) is 0. The molecule has 1 radical (unpaired) electrons. The third-order valence-corrected chi connectivity index (χ3v) is 1.50. The predicted molar refractivity (Wildman–Crippen MR) is 40.5 cm³/mol. The average molecular weight is 146 g/mol. The second-order valence-electron chi connectivity index (χ2n) is 2.26. The Hall–Kier alpha value is -1.44. The Morgan fingerprint density at radius 2 is 2.36 bits per heavy atom. The van der Waals surface area contributed by atoms with Gasteiger partial charge in [-0.1, -0.05) is 6.07 Å². The second kappa shape index (κ2) is 2.31. The van der Waals surface area contributed by atoms with Crippen molar-refractivity contribution in [2.24, 2.45) is 0 Å². The van der Waals surface area contributed by atoms with Crippen LogP contribution < -0.4 is 0 Å². The molecule has 0 saturated heterocycles. The Bertz CT molecular complexity index is 384. The smallest absolute Gasteiger partial charge is 0.131 e. The Balaban J connectivity index is 2.83. The van der Waals surface area contributed by atoms with Gasteiger partial charge in [-0.25, -0.2) is 4.39 Å². The fraction of sp³-hybridized carbons (Fsp3) is 0. The Labute approximate surface area is 63.5 Å². The molecule has 0 fully saturated rings. The van der Waals surface area contributed by atoms with Crippen LogP contribution >= 0.6 is 0 Å². The molecular weight excluding hydrogens is 141 g/mol. The van der Waals surface area contributed by atoms with E-state index in [-0.39, 0.29) is 5.82 Å². The zero-order valence-corrected chi connectivity index (χ0v) is 5.71. The standard InChI is InChI=1S/C9H5FN/c10-8-3-4-9-7(6-8)2-1-5-11-9/h1-2,4-6H. The quantitative estimate of drug-likeness (QED) is 0.555. The van der Waals surface area contributed by atoms with Crippen molar-refractivity contribution < 1.29 is 4.39 Å². The maximum absolute atomic E-state index is 12.6. The van der Waals surface area contributed by atoms with E-state index in [0.717, 1.165) is 10.9 Å². The van der Waals surface area contributed by atoms with Gasteiger partial charge in [0.1, 0.15) is 5.82 Å². The lowest BCUT2D eigenvalue weighted by Crippen LogP contribution is -1.78. The van der Waals surface area contributed by atoms with Crippen molar-refractivity contribution in [3.63, 3.8) is 0 Å². The van der Waals surface area contributed by atoms with Crippen LogP contribution in [0.2, 0.25) is 0 Å².